The Morgan fingerprint density at radius 1 is 1.38 bits per heavy atom. The molecule has 1 aromatic rings. The molecule has 0 atom stereocenters. The first kappa shape index (κ1) is 11.2. The first-order valence-corrected chi connectivity index (χ1v) is 6.09. The van der Waals surface area contributed by atoms with Crippen molar-refractivity contribution in [3.63, 3.8) is 0 Å². The van der Waals surface area contributed by atoms with Gasteiger partial charge in [0.1, 0.15) is 0 Å². The van der Waals surface area contributed by atoms with E-state index in [1.54, 1.807) is 0 Å². The lowest BCUT2D eigenvalue weighted by atomic mass is 10.0. The molecule has 16 heavy (non-hydrogen) atoms. The minimum absolute atomic E-state index is 0.245. The van der Waals surface area contributed by atoms with Gasteiger partial charge < -0.3 is 4.90 Å². The highest BCUT2D eigenvalue weighted by molar-refractivity contribution is 5.96. The van der Waals surface area contributed by atoms with Crippen LogP contribution in [0.4, 0.5) is 5.69 Å². The molecular formula is C14H19NO. The van der Waals surface area contributed by atoms with Gasteiger partial charge in [-0.3, -0.25) is 4.79 Å². The summed E-state index contributed by atoms with van der Waals surface area (Å²) in [5, 5.41) is 0. The molecule has 1 heterocycles. The maximum Gasteiger partial charge on any atom is 0.162 e. The second-order valence-electron chi connectivity index (χ2n) is 4.50. The Morgan fingerprint density at radius 2 is 2.19 bits per heavy atom. The fourth-order valence-electron chi connectivity index (χ4n) is 2.32. The monoisotopic (exact) mass is 217 g/mol. The van der Waals surface area contributed by atoms with Gasteiger partial charge in [-0.15, -0.1) is 0 Å². The van der Waals surface area contributed by atoms with Gasteiger partial charge in [0.25, 0.3) is 0 Å². The molecule has 1 aliphatic heterocycles. The van der Waals surface area contributed by atoms with Crippen molar-refractivity contribution in [2.45, 2.75) is 32.6 Å². The van der Waals surface area contributed by atoms with E-state index in [9.17, 15) is 4.79 Å². The van der Waals surface area contributed by atoms with Crippen molar-refractivity contribution in [2.24, 2.45) is 0 Å². The van der Waals surface area contributed by atoms with E-state index in [0.29, 0.717) is 6.42 Å². The van der Waals surface area contributed by atoms with Crippen LogP contribution in [0.15, 0.2) is 18.2 Å². The Hall–Kier alpha value is -1.31. The summed E-state index contributed by atoms with van der Waals surface area (Å²) < 4.78 is 0. The number of nitrogens with zero attached hydrogens (tertiary/aromatic N) is 1. The summed E-state index contributed by atoms with van der Waals surface area (Å²) in [6.07, 6.45) is 4.16. The molecule has 0 fully saturated rings. The number of ketones is 1. The predicted octanol–water partition coefficient (Wildman–Crippen LogP) is 3.05. The van der Waals surface area contributed by atoms with E-state index in [-0.39, 0.29) is 5.78 Å². The number of hydrogen-bond acceptors (Lipinski definition) is 2. The lowest BCUT2D eigenvalue weighted by molar-refractivity contribution is 0.0988. The Kier molecular flexibility index (Phi) is 3.28. The molecule has 0 aromatic heterocycles. The molecule has 0 bridgehead atoms. The lowest BCUT2D eigenvalue weighted by Gasteiger charge is -2.19. The van der Waals surface area contributed by atoms with Gasteiger partial charge in [0.2, 0.25) is 0 Å². The average molecular weight is 217 g/mol. The highest BCUT2D eigenvalue weighted by atomic mass is 16.1. The molecule has 1 aromatic carbocycles. The molecule has 0 unspecified atom stereocenters. The van der Waals surface area contributed by atoms with E-state index in [2.05, 4.69) is 24.1 Å². The maximum atomic E-state index is 11.7. The lowest BCUT2D eigenvalue weighted by Crippen LogP contribution is -2.17. The van der Waals surface area contributed by atoms with E-state index in [0.717, 1.165) is 18.5 Å². The summed E-state index contributed by atoms with van der Waals surface area (Å²) in [6, 6.07) is 6.15. The molecule has 2 heteroatoms. The van der Waals surface area contributed by atoms with Gasteiger partial charge in [0.15, 0.2) is 5.78 Å². The summed E-state index contributed by atoms with van der Waals surface area (Å²) >= 11 is 0. The molecule has 86 valence electrons. The van der Waals surface area contributed by atoms with Crippen LogP contribution in [0.3, 0.4) is 0 Å². The van der Waals surface area contributed by atoms with Crippen LogP contribution in [0.2, 0.25) is 0 Å². The fraction of sp³-hybridized carbons (Fsp3) is 0.500. The summed E-state index contributed by atoms with van der Waals surface area (Å²) in [7, 11) is 2.13. The molecule has 2 nitrogen and oxygen atoms in total. The molecule has 1 aliphatic rings. The van der Waals surface area contributed by atoms with E-state index in [1.807, 2.05) is 13.0 Å². The Labute approximate surface area is 97.3 Å². The molecule has 0 radical (unpaired) electrons. The number of benzene rings is 1. The van der Waals surface area contributed by atoms with Crippen LogP contribution in [-0.4, -0.2) is 19.4 Å². The third-order valence-corrected chi connectivity index (χ3v) is 3.32. The average Bonchev–Trinajstić information content (AvgIpc) is 2.50. The second kappa shape index (κ2) is 4.69. The number of carbonyl (C=O) groups excluding carboxylic acids is 1. The van der Waals surface area contributed by atoms with E-state index in [1.165, 1.54) is 24.1 Å². The minimum atomic E-state index is 0.245. The number of carbonyl (C=O) groups is 1. The van der Waals surface area contributed by atoms with Gasteiger partial charge >= 0.3 is 0 Å². The van der Waals surface area contributed by atoms with Gasteiger partial charge in [-0.1, -0.05) is 6.92 Å². The van der Waals surface area contributed by atoms with Crippen molar-refractivity contribution in [3.05, 3.63) is 29.3 Å². The quantitative estimate of drug-likeness (QED) is 0.710. The van der Waals surface area contributed by atoms with Crippen LogP contribution in [-0.2, 0) is 6.42 Å². The number of rotatable bonds is 2. The third kappa shape index (κ3) is 2.11. The molecular weight excluding hydrogens is 198 g/mol. The topological polar surface area (TPSA) is 20.3 Å². The highest BCUT2D eigenvalue weighted by Crippen LogP contribution is 2.26. The number of aryl methyl sites for hydroxylation is 1. The number of hydrogen-bond donors (Lipinski definition) is 0. The van der Waals surface area contributed by atoms with E-state index >= 15 is 0 Å². The third-order valence-electron chi connectivity index (χ3n) is 3.32. The zero-order valence-electron chi connectivity index (χ0n) is 10.1. The molecule has 2 rings (SSSR count). The van der Waals surface area contributed by atoms with Crippen molar-refractivity contribution in [1.29, 1.82) is 0 Å². The summed E-state index contributed by atoms with van der Waals surface area (Å²) in [5.74, 6) is 0.245. The van der Waals surface area contributed by atoms with Crippen LogP contribution in [0.1, 0.15) is 42.1 Å². The van der Waals surface area contributed by atoms with E-state index < -0.39 is 0 Å². The van der Waals surface area contributed by atoms with Gasteiger partial charge in [-0.05, 0) is 43.0 Å². The van der Waals surface area contributed by atoms with Crippen LogP contribution < -0.4 is 4.90 Å². The molecule has 0 aliphatic carbocycles. The van der Waals surface area contributed by atoms with Crippen LogP contribution in [0.5, 0.6) is 0 Å². The van der Waals surface area contributed by atoms with Crippen molar-refractivity contribution < 1.29 is 4.79 Å². The largest absolute Gasteiger partial charge is 0.374 e. The van der Waals surface area contributed by atoms with Crippen molar-refractivity contribution in [2.75, 3.05) is 18.5 Å². The molecule has 0 saturated carbocycles. The smallest absolute Gasteiger partial charge is 0.162 e. The first-order chi connectivity index (χ1) is 7.72. The highest BCUT2D eigenvalue weighted by Gasteiger charge is 2.13. The van der Waals surface area contributed by atoms with Gasteiger partial charge in [-0.25, -0.2) is 0 Å². The Morgan fingerprint density at radius 3 is 2.94 bits per heavy atom. The maximum absolute atomic E-state index is 11.7. The summed E-state index contributed by atoms with van der Waals surface area (Å²) in [4.78, 5) is 13.9. The van der Waals surface area contributed by atoms with Gasteiger partial charge in [-0.2, -0.15) is 0 Å². The molecule has 0 saturated heterocycles. The minimum Gasteiger partial charge on any atom is -0.374 e. The zero-order valence-corrected chi connectivity index (χ0v) is 10.1. The number of anilines is 1. The van der Waals surface area contributed by atoms with Crippen molar-refractivity contribution in [3.8, 4) is 0 Å². The van der Waals surface area contributed by atoms with Crippen LogP contribution in [0.25, 0.3) is 0 Å². The van der Waals surface area contributed by atoms with Gasteiger partial charge in [0.05, 0.1) is 0 Å². The molecule has 0 spiro atoms. The SMILES string of the molecule is CCC(=O)c1ccc2c(c1)CCCCN2C. The Balaban J connectivity index is 2.37. The summed E-state index contributed by atoms with van der Waals surface area (Å²) in [6.45, 7) is 3.04. The van der Waals surface area contributed by atoms with Crippen LogP contribution >= 0.6 is 0 Å². The zero-order chi connectivity index (χ0) is 11.5. The standard InChI is InChI=1S/C14H19NO/c1-3-14(16)12-7-8-13-11(10-12)6-4-5-9-15(13)2/h7-8,10H,3-6,9H2,1-2H3. The van der Waals surface area contributed by atoms with Crippen LogP contribution in [0, 0.1) is 0 Å². The van der Waals surface area contributed by atoms with Crippen molar-refractivity contribution in [1.82, 2.24) is 0 Å². The summed E-state index contributed by atoms with van der Waals surface area (Å²) in [5.41, 5.74) is 3.50. The van der Waals surface area contributed by atoms with Gasteiger partial charge in [0, 0.05) is 31.3 Å². The fourth-order valence-corrected chi connectivity index (χ4v) is 2.32. The predicted molar refractivity (Wildman–Crippen MR) is 67.3 cm³/mol. The normalized spacial score (nSPS) is 15.5. The number of fused-ring (bicyclic) bond motifs is 1. The second-order valence-corrected chi connectivity index (χ2v) is 4.50. The molecule has 0 N–H and O–H groups in total. The number of Topliss-reactive ketones (excluding diaryl/α,β-unsaturated/α-hetero) is 1. The Bertz CT molecular complexity index is 398. The van der Waals surface area contributed by atoms with Crippen molar-refractivity contribution >= 4 is 11.5 Å². The van der Waals surface area contributed by atoms with E-state index in [4.69, 9.17) is 0 Å². The molecule has 0 amide bonds. The first-order valence-electron chi connectivity index (χ1n) is 6.09.